The lowest BCUT2D eigenvalue weighted by Gasteiger charge is -2.10. The van der Waals surface area contributed by atoms with Crippen LogP contribution in [-0.4, -0.2) is 13.1 Å². The fourth-order valence-corrected chi connectivity index (χ4v) is 1.82. The number of benzene rings is 1. The number of hydrogen-bond acceptors (Lipinski definition) is 4. The Kier molecular flexibility index (Phi) is 2.63. The molecule has 0 heterocycles. The Morgan fingerprint density at radius 2 is 1.76 bits per heavy atom. The van der Waals surface area contributed by atoms with E-state index in [0.29, 0.717) is 22.3 Å². The van der Waals surface area contributed by atoms with Crippen LogP contribution in [0.25, 0.3) is 11.1 Å². The molecule has 0 atom stereocenters. The molecule has 0 saturated heterocycles. The highest BCUT2D eigenvalue weighted by molar-refractivity contribution is 5.98. The second kappa shape index (κ2) is 3.97. The van der Waals surface area contributed by atoms with Crippen LogP contribution in [-0.2, 0) is 4.74 Å². The van der Waals surface area contributed by atoms with Crippen molar-refractivity contribution >= 4 is 5.97 Å². The summed E-state index contributed by atoms with van der Waals surface area (Å²) in [6.07, 6.45) is 0. The molecule has 0 radical (unpaired) electrons. The van der Waals surface area contributed by atoms with Crippen molar-refractivity contribution in [1.29, 1.82) is 0 Å². The Bertz CT molecular complexity index is 660. The quantitative estimate of drug-likeness (QED) is 0.571. The van der Waals surface area contributed by atoms with Crippen LogP contribution in [0.2, 0.25) is 0 Å². The Balaban J connectivity index is 2.66. The predicted molar refractivity (Wildman–Crippen MR) is 62.9 cm³/mol. The molecule has 4 nitrogen and oxygen atoms in total. The first-order chi connectivity index (χ1) is 8.07. The number of esters is 1. The fraction of sp³-hybridized carbons (Fsp3) is 0.154. The van der Waals surface area contributed by atoms with E-state index in [-0.39, 0.29) is 0 Å². The molecule has 0 aromatic heterocycles. The minimum absolute atomic E-state index is 0.296. The molecule has 0 aliphatic heterocycles. The summed E-state index contributed by atoms with van der Waals surface area (Å²) in [5.41, 5.74) is 0.438. The number of carbonyl (C=O) groups excluding carboxylic acids is 1. The minimum Gasteiger partial charge on any atom is -0.465 e. The number of rotatable bonds is 2. The van der Waals surface area contributed by atoms with Crippen molar-refractivity contribution in [3.63, 3.8) is 0 Å². The molecular weight excluding hydrogens is 220 g/mol. The molecule has 0 bridgehead atoms. The smallest absolute Gasteiger partial charge is 0.338 e. The van der Waals surface area contributed by atoms with Crippen molar-refractivity contribution in [3.8, 4) is 11.1 Å². The number of carbonyl (C=O) groups is 1. The maximum absolute atomic E-state index is 11.5. The molecule has 4 heteroatoms. The van der Waals surface area contributed by atoms with E-state index in [1.807, 2.05) is 0 Å². The molecule has 86 valence electrons. The van der Waals surface area contributed by atoms with Gasteiger partial charge in [-0.3, -0.25) is 9.59 Å². The Hall–Kier alpha value is -2.23. The third-order valence-electron chi connectivity index (χ3n) is 2.75. The van der Waals surface area contributed by atoms with E-state index in [1.54, 1.807) is 31.2 Å². The second-order valence-corrected chi connectivity index (χ2v) is 3.70. The van der Waals surface area contributed by atoms with Gasteiger partial charge in [-0.15, -0.1) is 0 Å². The summed E-state index contributed by atoms with van der Waals surface area (Å²) in [5.74, 6) is -0.520. The van der Waals surface area contributed by atoms with Crippen molar-refractivity contribution in [2.45, 2.75) is 6.92 Å². The van der Waals surface area contributed by atoms with E-state index in [4.69, 9.17) is 0 Å². The predicted octanol–water partition coefficient (Wildman–Crippen LogP) is 1.04. The Morgan fingerprint density at radius 3 is 2.35 bits per heavy atom. The maximum atomic E-state index is 11.5. The summed E-state index contributed by atoms with van der Waals surface area (Å²) in [6, 6.07) is 6.59. The molecule has 0 unspecified atom stereocenters. The SMILES string of the molecule is COC(=O)c1ccccc1-c1c(C)c(=O)c1=O. The molecule has 0 spiro atoms. The van der Waals surface area contributed by atoms with Gasteiger partial charge in [-0.2, -0.15) is 0 Å². The highest BCUT2D eigenvalue weighted by Crippen LogP contribution is 2.23. The van der Waals surface area contributed by atoms with Gasteiger partial charge in [0.05, 0.1) is 12.7 Å². The van der Waals surface area contributed by atoms with Gasteiger partial charge in [0, 0.05) is 16.7 Å². The van der Waals surface area contributed by atoms with Crippen LogP contribution in [0.3, 0.4) is 0 Å². The first kappa shape index (κ1) is 11.3. The van der Waals surface area contributed by atoms with E-state index in [2.05, 4.69) is 4.74 Å². The van der Waals surface area contributed by atoms with Gasteiger partial charge in [-0.1, -0.05) is 18.2 Å². The van der Waals surface area contributed by atoms with Gasteiger partial charge < -0.3 is 4.74 Å². The summed E-state index contributed by atoms with van der Waals surface area (Å²) < 4.78 is 4.64. The van der Waals surface area contributed by atoms with E-state index in [0.717, 1.165) is 0 Å². The lowest BCUT2D eigenvalue weighted by atomic mass is 9.92. The second-order valence-electron chi connectivity index (χ2n) is 3.70. The highest BCUT2D eigenvalue weighted by atomic mass is 16.5. The summed E-state index contributed by atoms with van der Waals surface area (Å²) in [5, 5.41) is 0. The van der Waals surface area contributed by atoms with Crippen LogP contribution in [0.4, 0.5) is 0 Å². The van der Waals surface area contributed by atoms with Crippen molar-refractivity contribution in [3.05, 3.63) is 55.8 Å². The molecule has 0 saturated carbocycles. The van der Waals surface area contributed by atoms with Crippen LogP contribution < -0.4 is 10.9 Å². The van der Waals surface area contributed by atoms with Crippen molar-refractivity contribution in [2.75, 3.05) is 7.11 Å². The van der Waals surface area contributed by atoms with Gasteiger partial charge in [-0.25, -0.2) is 4.79 Å². The van der Waals surface area contributed by atoms with Gasteiger partial charge in [0.15, 0.2) is 0 Å². The van der Waals surface area contributed by atoms with Crippen LogP contribution in [0.1, 0.15) is 15.9 Å². The van der Waals surface area contributed by atoms with E-state index < -0.39 is 16.8 Å². The standard InChI is InChI=1S/C13H10O4/c1-7-10(12(15)11(7)14)8-5-3-4-6-9(8)13(16)17-2/h3-6H,1-2H3. The minimum atomic E-state index is -0.543. The van der Waals surface area contributed by atoms with Crippen molar-refractivity contribution in [2.24, 2.45) is 0 Å². The normalized spacial score (nSPS) is 10.5. The van der Waals surface area contributed by atoms with Crippen LogP contribution in [0, 0.1) is 6.92 Å². The molecule has 0 aliphatic carbocycles. The topological polar surface area (TPSA) is 60.4 Å². The lowest BCUT2D eigenvalue weighted by molar-refractivity contribution is 0.0601. The molecule has 0 aliphatic rings. The molecular formula is C13H10O4. The molecule has 17 heavy (non-hydrogen) atoms. The zero-order valence-corrected chi connectivity index (χ0v) is 9.44. The average molecular weight is 230 g/mol. The van der Waals surface area contributed by atoms with Crippen LogP contribution in [0.15, 0.2) is 33.9 Å². The zero-order chi connectivity index (χ0) is 12.6. The first-order valence-corrected chi connectivity index (χ1v) is 5.05. The monoisotopic (exact) mass is 230 g/mol. The third-order valence-corrected chi connectivity index (χ3v) is 2.75. The molecule has 0 N–H and O–H groups in total. The summed E-state index contributed by atoms with van der Waals surface area (Å²) in [7, 11) is 1.27. The number of ether oxygens (including phenoxy) is 1. The van der Waals surface area contributed by atoms with Gasteiger partial charge in [0.1, 0.15) is 0 Å². The van der Waals surface area contributed by atoms with Crippen LogP contribution in [0.5, 0.6) is 0 Å². The van der Waals surface area contributed by atoms with E-state index in [1.165, 1.54) is 7.11 Å². The molecule has 2 aromatic carbocycles. The van der Waals surface area contributed by atoms with Gasteiger partial charge >= 0.3 is 5.97 Å². The molecule has 2 rings (SSSR count). The Labute approximate surface area is 97.2 Å². The molecule has 2 aromatic rings. The zero-order valence-electron chi connectivity index (χ0n) is 9.44. The first-order valence-electron chi connectivity index (χ1n) is 5.05. The molecule has 0 amide bonds. The van der Waals surface area contributed by atoms with E-state index >= 15 is 0 Å². The van der Waals surface area contributed by atoms with Crippen LogP contribution >= 0.6 is 0 Å². The fourth-order valence-electron chi connectivity index (χ4n) is 1.82. The Morgan fingerprint density at radius 1 is 1.12 bits per heavy atom. The average Bonchev–Trinajstić information content (AvgIpc) is 2.38. The van der Waals surface area contributed by atoms with Crippen molar-refractivity contribution < 1.29 is 9.53 Å². The van der Waals surface area contributed by atoms with Gasteiger partial charge in [0.2, 0.25) is 10.9 Å². The van der Waals surface area contributed by atoms with Gasteiger partial charge in [0.25, 0.3) is 0 Å². The van der Waals surface area contributed by atoms with E-state index in [9.17, 15) is 14.4 Å². The largest absolute Gasteiger partial charge is 0.465 e. The summed E-state index contributed by atoms with van der Waals surface area (Å²) in [6.45, 7) is 1.58. The third kappa shape index (κ3) is 1.58. The maximum Gasteiger partial charge on any atom is 0.338 e. The van der Waals surface area contributed by atoms with Gasteiger partial charge in [-0.05, 0) is 13.0 Å². The number of hydrogen-bond donors (Lipinski definition) is 0. The van der Waals surface area contributed by atoms with Crippen molar-refractivity contribution in [1.82, 2.24) is 0 Å². The summed E-state index contributed by atoms with van der Waals surface area (Å²) in [4.78, 5) is 34.2. The lowest BCUT2D eigenvalue weighted by Crippen LogP contribution is -2.36. The number of methoxy groups -OCH3 is 1. The summed E-state index contributed by atoms with van der Waals surface area (Å²) >= 11 is 0. The molecule has 0 fully saturated rings. The highest BCUT2D eigenvalue weighted by Gasteiger charge is 2.22.